The molecule has 2 amide bonds. The van der Waals surface area contributed by atoms with E-state index >= 15 is 0 Å². The Kier molecular flexibility index (Phi) is 5.47. The van der Waals surface area contributed by atoms with Crippen LogP contribution in [0.25, 0.3) is 0 Å². The number of carbonyl (C=O) groups excluding carboxylic acids is 2. The van der Waals surface area contributed by atoms with Gasteiger partial charge in [-0.25, -0.2) is 0 Å². The third kappa shape index (κ3) is 3.58. The van der Waals surface area contributed by atoms with Crippen LogP contribution in [-0.4, -0.2) is 29.6 Å². The van der Waals surface area contributed by atoms with Crippen LogP contribution in [0, 0.1) is 23.7 Å². The number of allylic oxidation sites excluding steroid dienone is 2. The van der Waals surface area contributed by atoms with E-state index in [4.69, 9.17) is 21.1 Å². The zero-order valence-corrected chi connectivity index (χ0v) is 18.4. The van der Waals surface area contributed by atoms with Crippen molar-refractivity contribution < 1.29 is 19.1 Å². The highest BCUT2D eigenvalue weighted by atomic mass is 35.5. The third-order valence-corrected chi connectivity index (χ3v) is 6.75. The summed E-state index contributed by atoms with van der Waals surface area (Å²) >= 11 is 6.21. The summed E-state index contributed by atoms with van der Waals surface area (Å²) in [6.45, 7) is 2.66. The number of amides is 2. The lowest BCUT2D eigenvalue weighted by Gasteiger charge is -2.14. The summed E-state index contributed by atoms with van der Waals surface area (Å²) in [5.74, 6) is 0.566. The fourth-order valence-electron chi connectivity index (χ4n) is 4.89. The molecule has 2 bridgehead atoms. The van der Waals surface area contributed by atoms with Crippen LogP contribution >= 0.6 is 11.6 Å². The van der Waals surface area contributed by atoms with Crippen LogP contribution in [-0.2, 0) is 16.2 Å². The maximum atomic E-state index is 12.8. The molecular weight excluding hydrogens is 428 g/mol. The second-order valence-corrected chi connectivity index (χ2v) is 8.66. The van der Waals surface area contributed by atoms with Gasteiger partial charge in [-0.3, -0.25) is 9.59 Å². The van der Waals surface area contributed by atoms with Crippen LogP contribution in [0.3, 0.4) is 0 Å². The van der Waals surface area contributed by atoms with Crippen molar-refractivity contribution in [2.75, 3.05) is 6.61 Å². The van der Waals surface area contributed by atoms with Gasteiger partial charge in [0, 0.05) is 10.6 Å². The van der Waals surface area contributed by atoms with Gasteiger partial charge in [0.2, 0.25) is 0 Å². The Bertz CT molecular complexity index is 1100. The van der Waals surface area contributed by atoms with Gasteiger partial charge in [-0.15, -0.1) is 0 Å². The number of halogens is 1. The molecule has 1 saturated heterocycles. The van der Waals surface area contributed by atoms with Crippen LogP contribution in [0.4, 0.5) is 0 Å². The van der Waals surface area contributed by atoms with Gasteiger partial charge in [0.05, 0.1) is 24.7 Å². The molecule has 4 atom stereocenters. The molecule has 7 heteroatoms. The molecule has 1 aliphatic heterocycles. The van der Waals surface area contributed by atoms with Gasteiger partial charge in [-0.05, 0) is 55.0 Å². The highest BCUT2D eigenvalue weighted by molar-refractivity contribution is 6.31. The first-order chi connectivity index (χ1) is 15.6. The van der Waals surface area contributed by atoms with Crippen molar-refractivity contribution in [3.05, 3.63) is 70.8 Å². The average Bonchev–Trinajstić information content (AvgIpc) is 3.47. The average molecular weight is 451 g/mol. The van der Waals surface area contributed by atoms with Crippen molar-refractivity contribution in [2.24, 2.45) is 28.8 Å². The van der Waals surface area contributed by atoms with E-state index in [9.17, 15) is 9.59 Å². The smallest absolute Gasteiger partial charge is 0.254 e. The predicted octanol–water partition coefficient (Wildman–Crippen LogP) is 4.46. The van der Waals surface area contributed by atoms with E-state index in [1.165, 1.54) is 6.21 Å². The van der Waals surface area contributed by atoms with Gasteiger partial charge >= 0.3 is 0 Å². The van der Waals surface area contributed by atoms with Crippen LogP contribution in [0.5, 0.6) is 11.5 Å². The summed E-state index contributed by atoms with van der Waals surface area (Å²) in [6, 6.07) is 12.9. The van der Waals surface area contributed by atoms with Gasteiger partial charge < -0.3 is 9.47 Å². The second-order valence-electron chi connectivity index (χ2n) is 8.25. The molecule has 0 N–H and O–H groups in total. The van der Waals surface area contributed by atoms with E-state index in [-0.39, 0.29) is 35.5 Å². The predicted molar refractivity (Wildman–Crippen MR) is 121 cm³/mol. The van der Waals surface area contributed by atoms with Crippen molar-refractivity contribution in [1.29, 1.82) is 0 Å². The number of imide groups is 1. The molecule has 2 aromatic carbocycles. The largest absolute Gasteiger partial charge is 0.490 e. The van der Waals surface area contributed by atoms with Gasteiger partial charge in [0.1, 0.15) is 6.61 Å². The fourth-order valence-corrected chi connectivity index (χ4v) is 5.08. The van der Waals surface area contributed by atoms with E-state index < -0.39 is 0 Å². The molecule has 2 fully saturated rings. The summed E-state index contributed by atoms with van der Waals surface area (Å²) in [4.78, 5) is 25.6. The number of hydrogen-bond acceptors (Lipinski definition) is 5. The SMILES string of the molecule is CCOc1cc(C=NN2C(=O)[C@@H]3[C@H](C2=O)[C@H]2C=C[C@H]3C2)ccc1OCc1ccccc1Cl. The Morgan fingerprint density at radius 1 is 1.03 bits per heavy atom. The minimum absolute atomic E-state index is 0.167. The number of fused-ring (bicyclic) bond motifs is 5. The Hall–Kier alpha value is -3.12. The van der Waals surface area contributed by atoms with Gasteiger partial charge in [-0.2, -0.15) is 10.1 Å². The van der Waals surface area contributed by atoms with E-state index in [2.05, 4.69) is 17.3 Å². The number of rotatable bonds is 7. The van der Waals surface area contributed by atoms with Crippen molar-refractivity contribution in [1.82, 2.24) is 5.01 Å². The van der Waals surface area contributed by atoms with Crippen LogP contribution in [0.15, 0.2) is 59.7 Å². The van der Waals surface area contributed by atoms with Crippen molar-refractivity contribution in [2.45, 2.75) is 20.0 Å². The molecule has 0 aromatic heterocycles. The normalized spacial score (nSPS) is 25.8. The molecule has 1 heterocycles. The van der Waals surface area contributed by atoms with Crippen LogP contribution in [0.1, 0.15) is 24.5 Å². The first-order valence-corrected chi connectivity index (χ1v) is 11.2. The standard InChI is InChI=1S/C25H23ClN2O4/c1-2-31-21-11-15(7-10-20(21)32-14-18-5-3-4-6-19(18)26)13-27-28-24(29)22-16-8-9-17(12-16)23(22)25(28)30/h3-11,13,16-17,22-23H,2,12,14H2,1H3/t16-,17-,22-,23+/m0/s1. The molecule has 0 spiro atoms. The summed E-state index contributed by atoms with van der Waals surface area (Å²) < 4.78 is 11.7. The first-order valence-electron chi connectivity index (χ1n) is 10.8. The summed E-state index contributed by atoms with van der Waals surface area (Å²) in [5, 5.41) is 5.92. The molecule has 6 nitrogen and oxygen atoms in total. The molecule has 2 aromatic rings. The Balaban J connectivity index is 1.32. The molecule has 32 heavy (non-hydrogen) atoms. The molecule has 164 valence electrons. The molecular formula is C25H23ClN2O4. The van der Waals surface area contributed by atoms with Gasteiger partial charge in [-0.1, -0.05) is 42.0 Å². The lowest BCUT2D eigenvalue weighted by Crippen LogP contribution is -2.28. The molecule has 0 radical (unpaired) electrons. The van der Waals surface area contributed by atoms with Crippen LogP contribution < -0.4 is 9.47 Å². The molecule has 2 aliphatic carbocycles. The maximum absolute atomic E-state index is 12.8. The Morgan fingerprint density at radius 3 is 2.44 bits per heavy atom. The Morgan fingerprint density at radius 2 is 1.75 bits per heavy atom. The Labute approximate surface area is 191 Å². The quantitative estimate of drug-likeness (QED) is 0.355. The van der Waals surface area contributed by atoms with Crippen molar-refractivity contribution >= 4 is 29.6 Å². The number of hydrazone groups is 1. The molecule has 3 aliphatic rings. The lowest BCUT2D eigenvalue weighted by atomic mass is 9.85. The number of hydrogen-bond donors (Lipinski definition) is 0. The minimum atomic E-state index is -0.255. The van der Waals surface area contributed by atoms with Gasteiger partial charge in [0.25, 0.3) is 11.8 Å². The maximum Gasteiger partial charge on any atom is 0.254 e. The third-order valence-electron chi connectivity index (χ3n) is 6.38. The monoisotopic (exact) mass is 450 g/mol. The topological polar surface area (TPSA) is 68.2 Å². The van der Waals surface area contributed by atoms with E-state index in [0.29, 0.717) is 35.3 Å². The van der Waals surface area contributed by atoms with Gasteiger partial charge in [0.15, 0.2) is 11.5 Å². The van der Waals surface area contributed by atoms with E-state index in [0.717, 1.165) is 17.0 Å². The zero-order chi connectivity index (χ0) is 22.2. The van der Waals surface area contributed by atoms with E-state index in [1.54, 1.807) is 12.1 Å². The summed E-state index contributed by atoms with van der Waals surface area (Å²) in [5.41, 5.74) is 1.58. The summed E-state index contributed by atoms with van der Waals surface area (Å²) in [7, 11) is 0. The van der Waals surface area contributed by atoms with Crippen molar-refractivity contribution in [3.8, 4) is 11.5 Å². The first kappa shape index (κ1) is 20.8. The molecule has 5 rings (SSSR count). The highest BCUT2D eigenvalue weighted by Crippen LogP contribution is 2.52. The number of nitrogens with zero attached hydrogens (tertiary/aromatic N) is 2. The van der Waals surface area contributed by atoms with Crippen LogP contribution in [0.2, 0.25) is 5.02 Å². The summed E-state index contributed by atoms with van der Waals surface area (Å²) in [6.07, 6.45) is 6.56. The minimum Gasteiger partial charge on any atom is -0.490 e. The molecule has 0 unspecified atom stereocenters. The second kappa shape index (κ2) is 8.43. The zero-order valence-electron chi connectivity index (χ0n) is 17.6. The number of benzene rings is 2. The molecule has 1 saturated carbocycles. The van der Waals surface area contributed by atoms with E-state index in [1.807, 2.05) is 37.3 Å². The highest BCUT2D eigenvalue weighted by Gasteiger charge is 2.59. The number of ether oxygens (including phenoxy) is 2. The van der Waals surface area contributed by atoms with Crippen molar-refractivity contribution in [3.63, 3.8) is 0 Å². The number of carbonyl (C=O) groups is 2. The fraction of sp³-hybridized carbons (Fsp3) is 0.320. The lowest BCUT2D eigenvalue weighted by molar-refractivity contribution is -0.140.